The number of carbonyl (C=O) groups excluding carboxylic acids is 2. The van der Waals surface area contributed by atoms with E-state index >= 15 is 0 Å². The number of amides is 2. The Kier molecular flexibility index (Phi) is 5.81. The Hall–Kier alpha value is -1.98. The Bertz CT molecular complexity index is 504. The number of likely N-dealkylation sites (N-methyl/N-ethyl adjacent to an activating group) is 1. The van der Waals surface area contributed by atoms with E-state index in [1.807, 2.05) is 27.7 Å². The molecular formula is C15H26N4O2. The molecule has 0 aliphatic carbocycles. The molecule has 2 amide bonds. The van der Waals surface area contributed by atoms with E-state index in [4.69, 9.17) is 5.73 Å². The van der Waals surface area contributed by atoms with E-state index in [-0.39, 0.29) is 17.9 Å². The average Bonchev–Trinajstić information content (AvgIpc) is 2.82. The lowest BCUT2D eigenvalue weighted by molar-refractivity contribution is -0.132. The van der Waals surface area contributed by atoms with Crippen molar-refractivity contribution in [3.63, 3.8) is 0 Å². The molecule has 1 unspecified atom stereocenters. The zero-order valence-corrected chi connectivity index (χ0v) is 13.5. The molecule has 6 nitrogen and oxygen atoms in total. The van der Waals surface area contributed by atoms with Gasteiger partial charge in [0.25, 0.3) is 5.91 Å². The first-order valence-corrected chi connectivity index (χ1v) is 7.38. The number of hydrogen-bond acceptors (Lipinski definition) is 3. The van der Waals surface area contributed by atoms with E-state index in [0.29, 0.717) is 24.5 Å². The Morgan fingerprint density at radius 3 is 2.33 bits per heavy atom. The van der Waals surface area contributed by atoms with Crippen LogP contribution in [0.5, 0.6) is 0 Å². The summed E-state index contributed by atoms with van der Waals surface area (Å²) in [6.45, 7) is 10.7. The molecule has 0 saturated heterocycles. The quantitative estimate of drug-likeness (QED) is 0.837. The molecule has 0 bridgehead atoms. The monoisotopic (exact) mass is 294 g/mol. The number of nitrogen functional groups attached to an aromatic ring is 1. The van der Waals surface area contributed by atoms with Gasteiger partial charge in [0.15, 0.2) is 0 Å². The van der Waals surface area contributed by atoms with Crippen LogP contribution in [-0.4, -0.2) is 40.4 Å². The minimum Gasteiger partial charge on any atom is -0.397 e. The Balaban J connectivity index is 2.84. The number of aromatic nitrogens is 1. The summed E-state index contributed by atoms with van der Waals surface area (Å²) in [5, 5.41) is 2.75. The maximum Gasteiger partial charge on any atom is 0.268 e. The van der Waals surface area contributed by atoms with Gasteiger partial charge in [-0.2, -0.15) is 0 Å². The second kappa shape index (κ2) is 7.15. The van der Waals surface area contributed by atoms with E-state index < -0.39 is 6.04 Å². The molecule has 0 aromatic carbocycles. The molecule has 21 heavy (non-hydrogen) atoms. The van der Waals surface area contributed by atoms with Gasteiger partial charge in [0, 0.05) is 25.3 Å². The predicted octanol–water partition coefficient (Wildman–Crippen LogP) is 1.64. The van der Waals surface area contributed by atoms with Crippen LogP contribution in [0.3, 0.4) is 0 Å². The van der Waals surface area contributed by atoms with Gasteiger partial charge < -0.3 is 20.5 Å². The second-order valence-electron chi connectivity index (χ2n) is 5.37. The molecule has 6 heteroatoms. The molecular weight excluding hydrogens is 268 g/mol. The summed E-state index contributed by atoms with van der Waals surface area (Å²) in [7, 11) is 0. The van der Waals surface area contributed by atoms with Crippen molar-refractivity contribution >= 4 is 17.5 Å². The number of hydrogen-bond donors (Lipinski definition) is 2. The molecule has 1 rings (SSSR count). The van der Waals surface area contributed by atoms with Crippen LogP contribution in [0.1, 0.15) is 51.1 Å². The maximum absolute atomic E-state index is 12.3. The number of nitrogens with zero attached hydrogens (tertiary/aromatic N) is 2. The van der Waals surface area contributed by atoms with E-state index in [9.17, 15) is 9.59 Å². The van der Waals surface area contributed by atoms with Gasteiger partial charge in [-0.15, -0.1) is 0 Å². The third kappa shape index (κ3) is 4.00. The number of nitrogens with one attached hydrogen (secondary N) is 1. The van der Waals surface area contributed by atoms with Crippen LogP contribution in [-0.2, 0) is 4.79 Å². The summed E-state index contributed by atoms with van der Waals surface area (Å²) < 4.78 is 1.80. The van der Waals surface area contributed by atoms with Crippen LogP contribution in [0.4, 0.5) is 5.69 Å². The third-order valence-corrected chi connectivity index (χ3v) is 3.45. The van der Waals surface area contributed by atoms with Gasteiger partial charge in [0.05, 0.1) is 5.69 Å². The molecule has 118 valence electrons. The Morgan fingerprint density at radius 2 is 1.86 bits per heavy atom. The van der Waals surface area contributed by atoms with Gasteiger partial charge in [-0.05, 0) is 40.7 Å². The molecule has 0 aliphatic heterocycles. The van der Waals surface area contributed by atoms with Gasteiger partial charge >= 0.3 is 0 Å². The number of nitrogens with two attached hydrogens (primary N) is 1. The van der Waals surface area contributed by atoms with Crippen LogP contribution in [0.25, 0.3) is 0 Å². The van der Waals surface area contributed by atoms with Crippen molar-refractivity contribution in [2.75, 3.05) is 18.8 Å². The summed E-state index contributed by atoms with van der Waals surface area (Å²) in [5.74, 6) is -0.364. The van der Waals surface area contributed by atoms with E-state index in [2.05, 4.69) is 5.32 Å². The number of carbonyl (C=O) groups is 2. The fraction of sp³-hybridized carbons (Fsp3) is 0.600. The fourth-order valence-electron chi connectivity index (χ4n) is 2.25. The van der Waals surface area contributed by atoms with Gasteiger partial charge in [-0.25, -0.2) is 0 Å². The molecule has 3 N–H and O–H groups in total. The third-order valence-electron chi connectivity index (χ3n) is 3.45. The van der Waals surface area contributed by atoms with Crippen molar-refractivity contribution in [3.8, 4) is 0 Å². The lowest BCUT2D eigenvalue weighted by Crippen LogP contribution is -2.47. The number of rotatable bonds is 6. The molecule has 1 aromatic rings. The average molecular weight is 294 g/mol. The van der Waals surface area contributed by atoms with Gasteiger partial charge in [-0.3, -0.25) is 9.59 Å². The zero-order chi connectivity index (χ0) is 16.2. The molecule has 0 spiro atoms. The highest BCUT2D eigenvalue weighted by Crippen LogP contribution is 2.16. The van der Waals surface area contributed by atoms with Crippen molar-refractivity contribution in [1.82, 2.24) is 14.8 Å². The summed E-state index contributed by atoms with van der Waals surface area (Å²) in [6.07, 6.45) is 1.73. The van der Waals surface area contributed by atoms with E-state index in [1.54, 1.807) is 28.7 Å². The van der Waals surface area contributed by atoms with Crippen molar-refractivity contribution in [3.05, 3.63) is 18.0 Å². The van der Waals surface area contributed by atoms with Gasteiger partial charge in [-0.1, -0.05) is 0 Å². The van der Waals surface area contributed by atoms with Crippen molar-refractivity contribution < 1.29 is 9.59 Å². The first kappa shape index (κ1) is 17.1. The minimum absolute atomic E-state index is 0.0797. The lowest BCUT2D eigenvalue weighted by atomic mass is 10.2. The molecule has 0 saturated carbocycles. The Labute approximate surface area is 126 Å². The first-order valence-electron chi connectivity index (χ1n) is 7.38. The van der Waals surface area contributed by atoms with Gasteiger partial charge in [0.1, 0.15) is 11.7 Å². The smallest absolute Gasteiger partial charge is 0.268 e. The molecule has 1 aromatic heterocycles. The molecule has 0 fully saturated rings. The summed E-state index contributed by atoms with van der Waals surface area (Å²) in [4.78, 5) is 26.2. The van der Waals surface area contributed by atoms with Crippen LogP contribution in [0.2, 0.25) is 0 Å². The van der Waals surface area contributed by atoms with E-state index in [0.717, 1.165) is 0 Å². The highest BCUT2D eigenvalue weighted by atomic mass is 16.2. The van der Waals surface area contributed by atoms with Crippen molar-refractivity contribution in [1.29, 1.82) is 0 Å². The SMILES string of the molecule is CCN(CC)C(=O)C(C)NC(=O)c1cc(N)cn1C(C)C. The van der Waals surface area contributed by atoms with Crippen LogP contribution in [0.15, 0.2) is 12.3 Å². The normalized spacial score (nSPS) is 12.3. The van der Waals surface area contributed by atoms with Gasteiger partial charge in [0.2, 0.25) is 5.91 Å². The molecule has 1 heterocycles. The summed E-state index contributed by atoms with van der Waals surface area (Å²) in [6, 6.07) is 1.19. The second-order valence-corrected chi connectivity index (χ2v) is 5.37. The van der Waals surface area contributed by atoms with Crippen LogP contribution >= 0.6 is 0 Å². The molecule has 1 atom stereocenters. The molecule has 0 radical (unpaired) electrons. The van der Waals surface area contributed by atoms with Crippen LogP contribution < -0.4 is 11.1 Å². The summed E-state index contributed by atoms with van der Waals surface area (Å²) in [5.41, 5.74) is 6.77. The highest BCUT2D eigenvalue weighted by Gasteiger charge is 2.22. The topological polar surface area (TPSA) is 80.4 Å². The van der Waals surface area contributed by atoms with Crippen molar-refractivity contribution in [2.24, 2.45) is 0 Å². The van der Waals surface area contributed by atoms with E-state index in [1.165, 1.54) is 0 Å². The minimum atomic E-state index is -0.561. The highest BCUT2D eigenvalue weighted by molar-refractivity contribution is 5.97. The summed E-state index contributed by atoms with van der Waals surface area (Å²) >= 11 is 0. The van der Waals surface area contributed by atoms with Crippen LogP contribution in [0, 0.1) is 0 Å². The Morgan fingerprint density at radius 1 is 1.29 bits per heavy atom. The fourth-order valence-corrected chi connectivity index (χ4v) is 2.25. The lowest BCUT2D eigenvalue weighted by Gasteiger charge is -2.23. The first-order chi connectivity index (χ1) is 9.81. The van der Waals surface area contributed by atoms with Crippen molar-refractivity contribution in [2.45, 2.75) is 46.7 Å². The molecule has 0 aliphatic rings. The predicted molar refractivity (Wildman–Crippen MR) is 84.1 cm³/mol. The number of anilines is 1. The maximum atomic E-state index is 12.3. The standard InChI is InChI=1S/C15H26N4O2/c1-6-18(7-2)15(21)11(5)17-14(20)13-8-12(16)9-19(13)10(3)4/h8-11H,6-7,16H2,1-5H3,(H,17,20). The largest absolute Gasteiger partial charge is 0.397 e. The zero-order valence-electron chi connectivity index (χ0n) is 13.5.